The van der Waals surface area contributed by atoms with Gasteiger partial charge in [0.05, 0.1) is 16.3 Å². The summed E-state index contributed by atoms with van der Waals surface area (Å²) in [5.74, 6) is -0.586. The molecule has 0 aliphatic rings. The largest absolute Gasteiger partial charge is 0.573 e. The fourth-order valence-electron chi connectivity index (χ4n) is 1.82. The van der Waals surface area contributed by atoms with Crippen LogP contribution in [-0.2, 0) is 11.3 Å². The molecular formula is C14H13F3IN3O2. The molecule has 9 heteroatoms. The van der Waals surface area contributed by atoms with Gasteiger partial charge in [-0.3, -0.25) is 9.48 Å². The zero-order valence-electron chi connectivity index (χ0n) is 12.0. The van der Waals surface area contributed by atoms with Gasteiger partial charge in [0.15, 0.2) is 0 Å². The molecule has 0 bridgehead atoms. The molecule has 1 N–H and O–H groups in total. The summed E-state index contributed by atoms with van der Waals surface area (Å²) in [6, 6.07) is 4.98. The number of amides is 1. The Labute approximate surface area is 144 Å². The minimum Gasteiger partial charge on any atom is -0.406 e. The number of nitrogens with zero attached hydrogens (tertiary/aromatic N) is 2. The Hall–Kier alpha value is -1.78. The van der Waals surface area contributed by atoms with Gasteiger partial charge in [0, 0.05) is 17.8 Å². The Morgan fingerprint density at radius 3 is 2.52 bits per heavy atom. The average Bonchev–Trinajstić information content (AvgIpc) is 2.77. The number of ether oxygens (including phenoxy) is 1. The number of carbonyl (C=O) groups excluding carboxylic acids is 1. The molecule has 5 nitrogen and oxygen atoms in total. The quantitative estimate of drug-likeness (QED) is 0.723. The number of hydrogen-bond acceptors (Lipinski definition) is 3. The number of nitrogens with one attached hydrogen (secondary N) is 1. The van der Waals surface area contributed by atoms with Crippen LogP contribution in [0, 0.1) is 10.5 Å². The van der Waals surface area contributed by atoms with E-state index in [4.69, 9.17) is 0 Å². The maximum Gasteiger partial charge on any atom is 0.573 e. The van der Waals surface area contributed by atoms with Gasteiger partial charge in [-0.15, -0.1) is 13.2 Å². The standard InChI is InChI=1S/C14H13F3IN3O2/c1-9-12(18)8-19-21(9)7-6-13(22)20-10-2-4-11(5-3-10)23-14(15,16)17/h2-5,8H,6-7H2,1H3,(H,20,22). The number of anilines is 1. The minimum atomic E-state index is -4.73. The molecule has 2 rings (SSSR count). The first kappa shape index (κ1) is 17.6. The van der Waals surface area contributed by atoms with Crippen LogP contribution in [0.25, 0.3) is 0 Å². The van der Waals surface area contributed by atoms with Gasteiger partial charge in [0.1, 0.15) is 5.75 Å². The molecule has 124 valence electrons. The molecule has 0 fully saturated rings. The van der Waals surface area contributed by atoms with Gasteiger partial charge < -0.3 is 10.1 Å². The highest BCUT2D eigenvalue weighted by molar-refractivity contribution is 14.1. The lowest BCUT2D eigenvalue weighted by Crippen LogP contribution is -2.17. The van der Waals surface area contributed by atoms with Crippen molar-refractivity contribution in [1.29, 1.82) is 0 Å². The number of carbonyl (C=O) groups is 1. The molecule has 23 heavy (non-hydrogen) atoms. The highest BCUT2D eigenvalue weighted by Crippen LogP contribution is 2.24. The third kappa shape index (κ3) is 5.41. The van der Waals surface area contributed by atoms with Gasteiger partial charge in [-0.25, -0.2) is 0 Å². The summed E-state index contributed by atoms with van der Waals surface area (Å²) >= 11 is 2.16. The van der Waals surface area contributed by atoms with Crippen LogP contribution in [0.5, 0.6) is 5.75 Å². The molecule has 0 aliphatic carbocycles. The van der Waals surface area contributed by atoms with Crippen LogP contribution in [-0.4, -0.2) is 22.1 Å². The lowest BCUT2D eigenvalue weighted by Gasteiger charge is -2.10. The summed E-state index contributed by atoms with van der Waals surface area (Å²) in [5, 5.41) is 6.76. The van der Waals surface area contributed by atoms with E-state index in [1.807, 2.05) is 6.92 Å². The highest BCUT2D eigenvalue weighted by Gasteiger charge is 2.30. The third-order valence-electron chi connectivity index (χ3n) is 2.97. The maximum atomic E-state index is 12.0. The van der Waals surface area contributed by atoms with Crippen LogP contribution < -0.4 is 10.1 Å². The van der Waals surface area contributed by atoms with Gasteiger partial charge in [0.25, 0.3) is 0 Å². The van der Waals surface area contributed by atoms with E-state index in [-0.39, 0.29) is 18.1 Å². The molecule has 0 saturated heterocycles. The summed E-state index contributed by atoms with van der Waals surface area (Å²) < 4.78 is 42.6. The van der Waals surface area contributed by atoms with Crippen molar-refractivity contribution < 1.29 is 22.7 Å². The maximum absolute atomic E-state index is 12.0. The molecule has 1 aromatic heterocycles. The van der Waals surface area contributed by atoms with Crippen molar-refractivity contribution in [2.45, 2.75) is 26.3 Å². The van der Waals surface area contributed by atoms with Crippen LogP contribution in [0.4, 0.5) is 18.9 Å². The summed E-state index contributed by atoms with van der Waals surface area (Å²) in [4.78, 5) is 11.9. The van der Waals surface area contributed by atoms with E-state index in [1.54, 1.807) is 10.9 Å². The lowest BCUT2D eigenvalue weighted by atomic mass is 10.3. The van der Waals surface area contributed by atoms with Crippen molar-refractivity contribution in [2.24, 2.45) is 0 Å². The van der Waals surface area contributed by atoms with Gasteiger partial charge in [-0.05, 0) is 53.8 Å². The Bertz CT molecular complexity index is 684. The second-order valence-electron chi connectivity index (χ2n) is 4.67. The monoisotopic (exact) mass is 439 g/mol. The van der Waals surface area contributed by atoms with Crippen LogP contribution in [0.15, 0.2) is 30.5 Å². The average molecular weight is 439 g/mol. The van der Waals surface area contributed by atoms with Crippen LogP contribution >= 0.6 is 22.6 Å². The number of alkyl halides is 3. The van der Waals surface area contributed by atoms with Crippen molar-refractivity contribution in [2.75, 3.05) is 5.32 Å². The number of rotatable bonds is 5. The van der Waals surface area contributed by atoms with Gasteiger partial charge in [-0.1, -0.05) is 0 Å². The first-order valence-corrected chi connectivity index (χ1v) is 7.66. The van der Waals surface area contributed by atoms with Gasteiger partial charge >= 0.3 is 6.36 Å². The van der Waals surface area contributed by atoms with Crippen molar-refractivity contribution >= 4 is 34.2 Å². The Balaban J connectivity index is 1.86. The SMILES string of the molecule is Cc1c(I)cnn1CCC(=O)Nc1ccc(OC(F)(F)F)cc1. The minimum absolute atomic E-state index is 0.208. The van der Waals surface area contributed by atoms with Crippen molar-refractivity contribution in [3.05, 3.63) is 39.7 Å². The molecule has 0 spiro atoms. The molecule has 0 aliphatic heterocycles. The van der Waals surface area contributed by atoms with E-state index in [2.05, 4.69) is 37.7 Å². The smallest absolute Gasteiger partial charge is 0.406 e. The number of hydrogen-bond donors (Lipinski definition) is 1. The number of benzene rings is 1. The van der Waals surface area contributed by atoms with E-state index >= 15 is 0 Å². The van der Waals surface area contributed by atoms with Crippen LogP contribution in [0.3, 0.4) is 0 Å². The Morgan fingerprint density at radius 2 is 2.00 bits per heavy atom. The normalized spacial score (nSPS) is 11.3. The first-order chi connectivity index (χ1) is 10.7. The second kappa shape index (κ2) is 7.20. The van der Waals surface area contributed by atoms with E-state index in [9.17, 15) is 18.0 Å². The van der Waals surface area contributed by atoms with Crippen molar-refractivity contribution in [1.82, 2.24) is 9.78 Å². The topological polar surface area (TPSA) is 56.2 Å². The zero-order valence-corrected chi connectivity index (χ0v) is 14.2. The van der Waals surface area contributed by atoms with Crippen molar-refractivity contribution in [3.8, 4) is 5.75 Å². The van der Waals surface area contributed by atoms with E-state index in [0.717, 1.165) is 21.4 Å². The Morgan fingerprint density at radius 1 is 1.35 bits per heavy atom. The fraction of sp³-hybridized carbons (Fsp3) is 0.286. The molecule has 0 atom stereocenters. The lowest BCUT2D eigenvalue weighted by molar-refractivity contribution is -0.274. The molecular weight excluding hydrogens is 426 g/mol. The van der Waals surface area contributed by atoms with E-state index in [0.29, 0.717) is 12.2 Å². The third-order valence-corrected chi connectivity index (χ3v) is 4.02. The predicted octanol–water partition coefficient (Wildman–Crippen LogP) is 3.72. The summed E-state index contributed by atoms with van der Waals surface area (Å²) in [5.41, 5.74) is 1.38. The van der Waals surface area contributed by atoms with Gasteiger partial charge in [0.2, 0.25) is 5.91 Å². The molecule has 1 aromatic carbocycles. The summed E-state index contributed by atoms with van der Waals surface area (Å²) in [7, 11) is 0. The molecule has 0 saturated carbocycles. The van der Waals surface area contributed by atoms with Crippen molar-refractivity contribution in [3.63, 3.8) is 0 Å². The number of aryl methyl sites for hydroxylation is 1. The van der Waals surface area contributed by atoms with Crippen LogP contribution in [0.2, 0.25) is 0 Å². The Kier molecular flexibility index (Phi) is 5.50. The van der Waals surface area contributed by atoms with E-state index in [1.165, 1.54) is 12.1 Å². The molecule has 2 aromatic rings. The van der Waals surface area contributed by atoms with Gasteiger partial charge in [-0.2, -0.15) is 5.10 Å². The highest BCUT2D eigenvalue weighted by atomic mass is 127. The zero-order chi connectivity index (χ0) is 17.0. The molecule has 1 heterocycles. The predicted molar refractivity (Wildman–Crippen MR) is 86.1 cm³/mol. The summed E-state index contributed by atoms with van der Waals surface area (Å²) in [6.07, 6.45) is -2.81. The van der Waals surface area contributed by atoms with E-state index < -0.39 is 6.36 Å². The fourth-order valence-corrected chi connectivity index (χ4v) is 2.22. The molecule has 0 unspecified atom stereocenters. The molecule has 0 radical (unpaired) electrons. The second-order valence-corrected chi connectivity index (χ2v) is 5.83. The number of halogens is 4. The summed E-state index contributed by atoms with van der Waals surface area (Å²) in [6.45, 7) is 2.34. The molecule has 1 amide bonds. The van der Waals surface area contributed by atoms with Crippen LogP contribution in [0.1, 0.15) is 12.1 Å². The number of aromatic nitrogens is 2. The first-order valence-electron chi connectivity index (χ1n) is 6.58.